The van der Waals surface area contributed by atoms with E-state index in [9.17, 15) is 4.79 Å². The van der Waals surface area contributed by atoms with E-state index >= 15 is 0 Å². The third-order valence-corrected chi connectivity index (χ3v) is 3.29. The van der Waals surface area contributed by atoms with Gasteiger partial charge in [0, 0.05) is 12.3 Å². The molecular formula is C10H16O. The molecule has 0 bridgehead atoms. The van der Waals surface area contributed by atoms with Crippen molar-refractivity contribution in [3.05, 3.63) is 0 Å². The topological polar surface area (TPSA) is 17.1 Å². The Bertz CT molecular complexity index is 183. The van der Waals surface area contributed by atoms with Crippen molar-refractivity contribution in [1.82, 2.24) is 0 Å². The third-order valence-electron chi connectivity index (χ3n) is 3.29. The fourth-order valence-electron chi connectivity index (χ4n) is 2.64. The quantitative estimate of drug-likeness (QED) is 0.563. The molecule has 0 N–H and O–H groups in total. The zero-order chi connectivity index (χ0) is 8.01. The number of ketones is 1. The van der Waals surface area contributed by atoms with Gasteiger partial charge in [0.2, 0.25) is 0 Å². The molecular weight excluding hydrogens is 136 g/mol. The number of Topliss-reactive ketones (excluding diaryl/α,β-unsaturated/α-hetero) is 1. The normalized spacial score (nSPS) is 42.5. The third kappa shape index (κ3) is 1.11. The lowest BCUT2D eigenvalue weighted by atomic mass is 9.80. The van der Waals surface area contributed by atoms with Crippen molar-refractivity contribution in [3.8, 4) is 0 Å². The van der Waals surface area contributed by atoms with E-state index in [0.29, 0.717) is 17.6 Å². The zero-order valence-electron chi connectivity index (χ0n) is 7.34. The van der Waals surface area contributed by atoms with Crippen molar-refractivity contribution in [2.24, 2.45) is 23.7 Å². The molecule has 11 heavy (non-hydrogen) atoms. The van der Waals surface area contributed by atoms with Gasteiger partial charge < -0.3 is 0 Å². The van der Waals surface area contributed by atoms with Gasteiger partial charge in [-0.25, -0.2) is 0 Å². The summed E-state index contributed by atoms with van der Waals surface area (Å²) in [7, 11) is 0. The summed E-state index contributed by atoms with van der Waals surface area (Å²) >= 11 is 0. The lowest BCUT2D eigenvalue weighted by molar-refractivity contribution is -0.126. The molecule has 2 saturated carbocycles. The molecule has 0 amide bonds. The highest BCUT2D eigenvalue weighted by Crippen LogP contribution is 2.53. The van der Waals surface area contributed by atoms with Gasteiger partial charge in [-0.2, -0.15) is 0 Å². The molecule has 0 saturated heterocycles. The lowest BCUT2D eigenvalue weighted by Crippen LogP contribution is -2.26. The molecule has 2 aliphatic rings. The molecule has 0 aliphatic heterocycles. The molecule has 2 rings (SSSR count). The van der Waals surface area contributed by atoms with Crippen LogP contribution in [0.15, 0.2) is 0 Å². The molecule has 0 radical (unpaired) electrons. The van der Waals surface area contributed by atoms with E-state index in [1.54, 1.807) is 0 Å². The Morgan fingerprint density at radius 1 is 1.45 bits per heavy atom. The number of carbonyl (C=O) groups excluding carboxylic acids is 1. The van der Waals surface area contributed by atoms with Crippen molar-refractivity contribution < 1.29 is 4.79 Å². The summed E-state index contributed by atoms with van der Waals surface area (Å²) in [5.74, 6) is 3.27. The molecule has 0 aromatic heterocycles. The molecule has 2 fully saturated rings. The second kappa shape index (κ2) is 2.33. The summed E-state index contributed by atoms with van der Waals surface area (Å²) in [6.45, 7) is 4.37. The number of fused-ring (bicyclic) bond motifs is 1. The van der Waals surface area contributed by atoms with E-state index in [0.717, 1.165) is 18.3 Å². The van der Waals surface area contributed by atoms with Crippen LogP contribution in [-0.4, -0.2) is 5.78 Å². The van der Waals surface area contributed by atoms with Crippen molar-refractivity contribution in [1.29, 1.82) is 0 Å². The Labute approximate surface area is 68.2 Å². The highest BCUT2D eigenvalue weighted by molar-refractivity contribution is 5.83. The molecule has 3 unspecified atom stereocenters. The van der Waals surface area contributed by atoms with Gasteiger partial charge in [-0.15, -0.1) is 0 Å². The van der Waals surface area contributed by atoms with Crippen molar-refractivity contribution in [2.45, 2.75) is 33.1 Å². The first kappa shape index (κ1) is 7.33. The highest BCUT2D eigenvalue weighted by atomic mass is 16.1. The van der Waals surface area contributed by atoms with Gasteiger partial charge >= 0.3 is 0 Å². The molecule has 0 aromatic rings. The van der Waals surface area contributed by atoms with Gasteiger partial charge in [0.15, 0.2) is 0 Å². The second-order valence-corrected chi connectivity index (χ2v) is 4.43. The monoisotopic (exact) mass is 152 g/mol. The summed E-state index contributed by atoms with van der Waals surface area (Å²) in [4.78, 5) is 11.5. The van der Waals surface area contributed by atoms with E-state index < -0.39 is 0 Å². The van der Waals surface area contributed by atoms with E-state index in [1.807, 2.05) is 0 Å². The van der Waals surface area contributed by atoms with Crippen LogP contribution in [0.4, 0.5) is 0 Å². The van der Waals surface area contributed by atoms with Crippen LogP contribution >= 0.6 is 0 Å². The van der Waals surface area contributed by atoms with E-state index in [2.05, 4.69) is 13.8 Å². The highest BCUT2D eigenvalue weighted by Gasteiger charge is 2.49. The summed E-state index contributed by atoms with van der Waals surface area (Å²) in [6.07, 6.45) is 3.39. The van der Waals surface area contributed by atoms with E-state index in [1.165, 1.54) is 12.8 Å². The largest absolute Gasteiger partial charge is 0.299 e. The zero-order valence-corrected chi connectivity index (χ0v) is 7.34. The van der Waals surface area contributed by atoms with Crippen molar-refractivity contribution in [3.63, 3.8) is 0 Å². The maximum absolute atomic E-state index is 11.5. The molecule has 1 nitrogen and oxygen atoms in total. The molecule has 1 heteroatoms. The van der Waals surface area contributed by atoms with Crippen molar-refractivity contribution >= 4 is 5.78 Å². The average molecular weight is 152 g/mol. The minimum absolute atomic E-state index is 0.425. The van der Waals surface area contributed by atoms with Crippen LogP contribution in [0, 0.1) is 23.7 Å². The van der Waals surface area contributed by atoms with Crippen LogP contribution in [0.2, 0.25) is 0 Å². The molecule has 2 aliphatic carbocycles. The first-order valence-electron chi connectivity index (χ1n) is 4.73. The van der Waals surface area contributed by atoms with Gasteiger partial charge in [0.1, 0.15) is 5.78 Å². The first-order chi connectivity index (χ1) is 5.20. The fourth-order valence-corrected chi connectivity index (χ4v) is 2.64. The Balaban J connectivity index is 2.09. The maximum Gasteiger partial charge on any atom is 0.136 e. The number of rotatable bonds is 1. The van der Waals surface area contributed by atoms with Gasteiger partial charge in [-0.05, 0) is 30.6 Å². The fraction of sp³-hybridized carbons (Fsp3) is 0.900. The van der Waals surface area contributed by atoms with Crippen LogP contribution in [0.5, 0.6) is 0 Å². The Morgan fingerprint density at radius 3 is 2.73 bits per heavy atom. The van der Waals surface area contributed by atoms with Crippen LogP contribution in [0.25, 0.3) is 0 Å². The lowest BCUT2D eigenvalue weighted by Gasteiger charge is -2.23. The SMILES string of the molecule is CC(C)C1C(=O)CCC2CC21. The van der Waals surface area contributed by atoms with Crippen LogP contribution in [0.1, 0.15) is 33.1 Å². The van der Waals surface area contributed by atoms with Crippen LogP contribution in [0.3, 0.4) is 0 Å². The van der Waals surface area contributed by atoms with Gasteiger partial charge in [-0.3, -0.25) is 4.79 Å². The summed E-state index contributed by atoms with van der Waals surface area (Å²) in [5.41, 5.74) is 0. The van der Waals surface area contributed by atoms with Gasteiger partial charge in [0.05, 0.1) is 0 Å². The van der Waals surface area contributed by atoms with Gasteiger partial charge in [-0.1, -0.05) is 13.8 Å². The average Bonchev–Trinajstić information content (AvgIpc) is 2.64. The predicted molar refractivity (Wildman–Crippen MR) is 44.2 cm³/mol. The number of hydrogen-bond donors (Lipinski definition) is 0. The summed E-state index contributed by atoms with van der Waals surface area (Å²) < 4.78 is 0. The number of carbonyl (C=O) groups is 1. The standard InChI is InChI=1S/C10H16O/c1-6(2)10-8-5-7(8)3-4-9(10)11/h6-8,10H,3-5H2,1-2H3. The minimum atomic E-state index is 0.425. The molecule has 0 spiro atoms. The van der Waals surface area contributed by atoms with Crippen LogP contribution < -0.4 is 0 Å². The second-order valence-electron chi connectivity index (χ2n) is 4.43. The Hall–Kier alpha value is -0.330. The summed E-state index contributed by atoms with van der Waals surface area (Å²) in [6, 6.07) is 0. The van der Waals surface area contributed by atoms with Gasteiger partial charge in [0.25, 0.3) is 0 Å². The Morgan fingerprint density at radius 2 is 2.18 bits per heavy atom. The smallest absolute Gasteiger partial charge is 0.136 e. The number of hydrogen-bond acceptors (Lipinski definition) is 1. The molecule has 3 atom stereocenters. The minimum Gasteiger partial charge on any atom is -0.299 e. The molecule has 62 valence electrons. The molecule has 0 aromatic carbocycles. The molecule has 0 heterocycles. The first-order valence-corrected chi connectivity index (χ1v) is 4.73. The van der Waals surface area contributed by atoms with E-state index in [-0.39, 0.29) is 0 Å². The predicted octanol–water partition coefficient (Wildman–Crippen LogP) is 2.26. The van der Waals surface area contributed by atoms with Crippen molar-refractivity contribution in [2.75, 3.05) is 0 Å². The maximum atomic E-state index is 11.5. The van der Waals surface area contributed by atoms with Crippen LogP contribution in [-0.2, 0) is 4.79 Å². The van der Waals surface area contributed by atoms with E-state index in [4.69, 9.17) is 0 Å². The Kier molecular flexibility index (Phi) is 1.55. The summed E-state index contributed by atoms with van der Waals surface area (Å²) in [5, 5.41) is 0.